The fourth-order valence-electron chi connectivity index (χ4n) is 4.43. The second-order valence-corrected chi connectivity index (χ2v) is 13.6. The number of likely N-dealkylation sites (tertiary alicyclic amines) is 1. The first kappa shape index (κ1) is 23.7. The Hall–Kier alpha value is 0.470. The van der Waals surface area contributed by atoms with Crippen LogP contribution in [0.2, 0.25) is 0 Å². The predicted octanol–water partition coefficient (Wildman–Crippen LogP) is 0.227. The van der Waals surface area contributed by atoms with Gasteiger partial charge in [-0.05, 0) is 47.5 Å². The molecule has 160 valence electrons. The lowest BCUT2D eigenvalue weighted by molar-refractivity contribution is -0.0536. The van der Waals surface area contributed by atoms with E-state index in [2.05, 4.69) is 46.7 Å². The summed E-state index contributed by atoms with van der Waals surface area (Å²) >= 11 is 2.29. The Morgan fingerprint density at radius 3 is 1.56 bits per heavy atom. The van der Waals surface area contributed by atoms with Gasteiger partial charge in [0.1, 0.15) is 0 Å². The first-order chi connectivity index (χ1) is 12.4. The fraction of sp³-hybridized carbons (Fsp3) is 1.00. The molecule has 5 N–H and O–H groups in total. The predicted molar refractivity (Wildman–Crippen MR) is 117 cm³/mol. The molecule has 2 aliphatic carbocycles. The van der Waals surface area contributed by atoms with E-state index in [1.54, 1.807) is 0 Å². The lowest BCUT2D eigenvalue weighted by Crippen LogP contribution is -2.65. The highest BCUT2D eigenvalue weighted by Crippen LogP contribution is 2.50. The molecular weight excluding hydrogens is 503 g/mol. The highest BCUT2D eigenvalue weighted by Gasteiger charge is 2.55. The fourth-order valence-corrected chi connectivity index (χ4v) is 6.77. The Balaban J connectivity index is 0.000000171. The van der Waals surface area contributed by atoms with Crippen molar-refractivity contribution in [3.63, 3.8) is 0 Å². The minimum Gasteiger partial charge on any atom is -0.316 e. The normalized spacial score (nSPS) is 28.4. The largest absolute Gasteiger partial charge is 0.316 e. The number of hydrogen-bond donors (Lipinski definition) is 3. The van der Waals surface area contributed by atoms with E-state index in [1.165, 1.54) is 4.43 Å². The van der Waals surface area contributed by atoms with E-state index in [4.69, 9.17) is 10.3 Å². The van der Waals surface area contributed by atoms with Gasteiger partial charge in [-0.1, -0.05) is 36.4 Å². The van der Waals surface area contributed by atoms with E-state index in [-0.39, 0.29) is 10.5 Å². The van der Waals surface area contributed by atoms with E-state index in [0.717, 1.165) is 58.4 Å². The van der Waals surface area contributed by atoms with Gasteiger partial charge in [0.05, 0.1) is 10.5 Å². The van der Waals surface area contributed by atoms with Crippen LogP contribution in [0.1, 0.15) is 39.5 Å². The number of rotatable bonds is 3. The summed E-state index contributed by atoms with van der Waals surface area (Å²) in [6, 6.07) is 0. The second kappa shape index (κ2) is 8.68. The first-order valence-electron chi connectivity index (χ1n) is 9.41. The van der Waals surface area contributed by atoms with Crippen LogP contribution in [0.25, 0.3) is 0 Å². The quantitative estimate of drug-likeness (QED) is 0.349. The molecule has 4 rings (SSSR count). The number of hydrogen-bond acceptors (Lipinski definition) is 6. The third kappa shape index (κ3) is 5.76. The van der Waals surface area contributed by atoms with Gasteiger partial charge in [-0.2, -0.15) is 0 Å². The molecule has 2 spiro atoms. The van der Waals surface area contributed by atoms with Gasteiger partial charge in [0.15, 0.2) is 0 Å². The zero-order valence-corrected chi connectivity index (χ0v) is 19.9. The van der Waals surface area contributed by atoms with Gasteiger partial charge in [0, 0.05) is 26.2 Å². The number of nitrogens with two attached hydrogens (primary N) is 2. The van der Waals surface area contributed by atoms with Crippen LogP contribution in [0.3, 0.4) is 0 Å². The number of nitrogens with zero attached hydrogens (tertiary/aromatic N) is 1. The zero-order valence-electron chi connectivity index (χ0n) is 16.2. The average molecular weight is 537 g/mol. The molecule has 4 aliphatic rings. The standard InChI is InChI=1S/C8H16N2O2S.C6H12N2O2S.C2H5I/c1-2-10-5-8(6-10)3-7(4-8)13(9,11)12;7-11(9,10)5-1-6(2-5)3-8-4-6;1-2-3/h7H,2-6H2,1H3,(H2,9,11,12);5,8H,1-4H2,(H2,7,9,10);2H2,1H3. The first-order valence-corrected chi connectivity index (χ1v) is 14.2. The average Bonchev–Trinajstić information content (AvgIpc) is 2.30. The van der Waals surface area contributed by atoms with Gasteiger partial charge >= 0.3 is 0 Å². The van der Waals surface area contributed by atoms with Gasteiger partial charge in [0.25, 0.3) is 0 Å². The third-order valence-corrected chi connectivity index (χ3v) is 8.66. The smallest absolute Gasteiger partial charge is 0.212 e. The van der Waals surface area contributed by atoms with Crippen molar-refractivity contribution < 1.29 is 16.8 Å². The van der Waals surface area contributed by atoms with Crippen LogP contribution in [0, 0.1) is 10.8 Å². The monoisotopic (exact) mass is 536 g/mol. The minimum atomic E-state index is -3.26. The molecular formula is C16H33IN4O4S2. The Labute approximate surface area is 177 Å². The van der Waals surface area contributed by atoms with Crippen LogP contribution < -0.4 is 15.6 Å². The number of primary sulfonamides is 2. The van der Waals surface area contributed by atoms with E-state index in [0.29, 0.717) is 10.8 Å². The lowest BCUT2D eigenvalue weighted by atomic mass is 9.63. The van der Waals surface area contributed by atoms with E-state index in [9.17, 15) is 16.8 Å². The molecule has 2 aliphatic heterocycles. The number of alkyl halides is 1. The summed E-state index contributed by atoms with van der Waals surface area (Å²) in [5.74, 6) is 0. The highest BCUT2D eigenvalue weighted by atomic mass is 127. The highest BCUT2D eigenvalue weighted by molar-refractivity contribution is 14.1. The molecule has 27 heavy (non-hydrogen) atoms. The molecule has 11 heteroatoms. The Kier molecular flexibility index (Phi) is 7.64. The molecule has 0 atom stereocenters. The zero-order chi connectivity index (χ0) is 20.5. The number of halogens is 1. The van der Waals surface area contributed by atoms with Crippen molar-refractivity contribution in [1.29, 1.82) is 0 Å². The molecule has 0 unspecified atom stereocenters. The molecule has 0 bridgehead atoms. The van der Waals surface area contributed by atoms with Crippen LogP contribution in [0.4, 0.5) is 0 Å². The molecule has 0 radical (unpaired) electrons. The van der Waals surface area contributed by atoms with Gasteiger partial charge < -0.3 is 10.2 Å². The van der Waals surface area contributed by atoms with Crippen LogP contribution in [-0.4, -0.2) is 69.4 Å². The summed E-state index contributed by atoms with van der Waals surface area (Å²) in [6.07, 6.45) is 3.09. The summed E-state index contributed by atoms with van der Waals surface area (Å²) in [5.41, 5.74) is 0.615. The van der Waals surface area contributed by atoms with Crippen molar-refractivity contribution in [1.82, 2.24) is 10.2 Å². The van der Waals surface area contributed by atoms with E-state index >= 15 is 0 Å². The second-order valence-electron chi connectivity index (χ2n) is 8.41. The van der Waals surface area contributed by atoms with Gasteiger partial charge in [-0.15, -0.1) is 0 Å². The molecule has 2 saturated heterocycles. The Morgan fingerprint density at radius 2 is 1.30 bits per heavy atom. The molecule has 0 aromatic rings. The summed E-state index contributed by atoms with van der Waals surface area (Å²) in [5, 5.41) is 12.7. The van der Waals surface area contributed by atoms with Crippen molar-refractivity contribution in [2.45, 2.75) is 50.0 Å². The molecule has 4 fully saturated rings. The summed E-state index contributed by atoms with van der Waals surface area (Å²) in [7, 11) is -6.50. The lowest BCUT2D eigenvalue weighted by Gasteiger charge is -2.58. The van der Waals surface area contributed by atoms with E-state index in [1.807, 2.05) is 0 Å². The third-order valence-electron chi connectivity index (χ3n) is 6.14. The molecule has 0 amide bonds. The van der Waals surface area contributed by atoms with Gasteiger partial charge in [-0.25, -0.2) is 27.1 Å². The van der Waals surface area contributed by atoms with Gasteiger partial charge in [-0.3, -0.25) is 0 Å². The SMILES string of the molecule is CCI.CCN1CC2(CC(S(N)(=O)=O)C2)C1.NS(=O)(=O)C1CC2(CNC2)C1. The van der Waals surface area contributed by atoms with Crippen molar-refractivity contribution in [2.75, 3.05) is 37.2 Å². The van der Waals surface area contributed by atoms with E-state index < -0.39 is 20.0 Å². The van der Waals surface area contributed by atoms with Crippen LogP contribution in [-0.2, 0) is 20.0 Å². The summed E-state index contributed by atoms with van der Waals surface area (Å²) in [6.45, 7) is 9.38. The van der Waals surface area contributed by atoms with Crippen LogP contribution in [0.5, 0.6) is 0 Å². The Bertz CT molecular complexity index is 703. The van der Waals surface area contributed by atoms with Crippen LogP contribution >= 0.6 is 22.6 Å². The summed E-state index contributed by atoms with van der Waals surface area (Å²) in [4.78, 5) is 2.33. The molecule has 8 nitrogen and oxygen atoms in total. The van der Waals surface area contributed by atoms with Crippen LogP contribution in [0.15, 0.2) is 0 Å². The van der Waals surface area contributed by atoms with Crippen molar-refractivity contribution in [3.05, 3.63) is 0 Å². The number of sulfonamides is 2. The van der Waals surface area contributed by atoms with Gasteiger partial charge in [0.2, 0.25) is 20.0 Å². The minimum absolute atomic E-state index is 0.258. The van der Waals surface area contributed by atoms with Crippen molar-refractivity contribution in [3.8, 4) is 0 Å². The van der Waals surface area contributed by atoms with Crippen molar-refractivity contribution in [2.24, 2.45) is 21.1 Å². The number of nitrogens with one attached hydrogen (secondary N) is 1. The maximum Gasteiger partial charge on any atom is 0.212 e. The van der Waals surface area contributed by atoms with Crippen molar-refractivity contribution >= 4 is 42.6 Å². The molecule has 2 heterocycles. The molecule has 2 saturated carbocycles. The molecule has 0 aromatic heterocycles. The maximum absolute atomic E-state index is 11.0. The Morgan fingerprint density at radius 1 is 0.926 bits per heavy atom. The topological polar surface area (TPSA) is 136 Å². The molecule has 0 aromatic carbocycles. The maximum atomic E-state index is 11.0. The summed E-state index contributed by atoms with van der Waals surface area (Å²) < 4.78 is 44.7.